The monoisotopic (exact) mass is 464 g/mol. The minimum Gasteiger partial charge on any atom is -0.480 e. The SMILES string of the molecule is COc1nc2c(N3CC(C)N(C(=O)OC(C)(C)C)[C@@H](C)C3)ccc(Br)c2nc1C. The van der Waals surface area contributed by atoms with Crippen LogP contribution in [0.15, 0.2) is 16.6 Å². The van der Waals surface area contributed by atoms with Crippen LogP contribution in [0.5, 0.6) is 5.88 Å². The maximum atomic E-state index is 12.7. The van der Waals surface area contributed by atoms with Crippen molar-refractivity contribution in [3.63, 3.8) is 0 Å². The zero-order valence-corrected chi connectivity index (χ0v) is 19.7. The Bertz CT molecular complexity index is 916. The molecule has 1 aliphatic rings. The summed E-state index contributed by atoms with van der Waals surface area (Å²) in [5.74, 6) is 0.519. The summed E-state index contributed by atoms with van der Waals surface area (Å²) in [6, 6.07) is 4.02. The molecule has 0 spiro atoms. The number of aryl methyl sites for hydroxylation is 1. The summed E-state index contributed by atoms with van der Waals surface area (Å²) in [4.78, 5) is 26.2. The maximum absolute atomic E-state index is 12.7. The second-order valence-electron chi connectivity index (χ2n) is 8.57. The summed E-state index contributed by atoms with van der Waals surface area (Å²) < 4.78 is 11.9. The number of carbonyl (C=O) groups is 1. The van der Waals surface area contributed by atoms with Gasteiger partial charge in [0.15, 0.2) is 0 Å². The topological polar surface area (TPSA) is 67.8 Å². The normalized spacial score (nSPS) is 20.1. The highest BCUT2D eigenvalue weighted by Gasteiger charge is 2.36. The Balaban J connectivity index is 1.94. The number of methoxy groups -OCH3 is 1. The van der Waals surface area contributed by atoms with Crippen LogP contribution >= 0.6 is 15.9 Å². The van der Waals surface area contributed by atoms with Crippen LogP contribution < -0.4 is 9.64 Å². The van der Waals surface area contributed by atoms with E-state index < -0.39 is 5.60 Å². The Morgan fingerprint density at radius 1 is 1.14 bits per heavy atom. The number of piperazine rings is 1. The fourth-order valence-corrected chi connectivity index (χ4v) is 4.21. The minimum absolute atomic E-state index is 0.00685. The molecule has 1 saturated heterocycles. The van der Waals surface area contributed by atoms with E-state index in [4.69, 9.17) is 14.5 Å². The molecule has 7 nitrogen and oxygen atoms in total. The summed E-state index contributed by atoms with van der Waals surface area (Å²) in [7, 11) is 1.60. The van der Waals surface area contributed by atoms with Crippen molar-refractivity contribution >= 4 is 38.7 Å². The molecule has 8 heteroatoms. The van der Waals surface area contributed by atoms with Crippen molar-refractivity contribution in [2.45, 2.75) is 59.2 Å². The molecule has 3 rings (SSSR count). The quantitative estimate of drug-likeness (QED) is 0.649. The number of nitrogens with zero attached hydrogens (tertiary/aromatic N) is 4. The van der Waals surface area contributed by atoms with Gasteiger partial charge in [0.25, 0.3) is 0 Å². The van der Waals surface area contributed by atoms with Gasteiger partial charge in [-0.25, -0.2) is 14.8 Å². The molecule has 29 heavy (non-hydrogen) atoms. The molecule has 1 aromatic heterocycles. The van der Waals surface area contributed by atoms with Gasteiger partial charge in [-0.15, -0.1) is 0 Å². The summed E-state index contributed by atoms with van der Waals surface area (Å²) in [6.45, 7) is 13.0. The predicted octanol–water partition coefficient (Wildman–Crippen LogP) is 4.54. The first-order chi connectivity index (χ1) is 13.5. The van der Waals surface area contributed by atoms with Crippen LogP contribution in [-0.2, 0) is 4.74 Å². The van der Waals surface area contributed by atoms with Gasteiger partial charge in [-0.3, -0.25) is 4.90 Å². The highest BCUT2D eigenvalue weighted by atomic mass is 79.9. The molecule has 0 saturated carbocycles. The predicted molar refractivity (Wildman–Crippen MR) is 118 cm³/mol. The van der Waals surface area contributed by atoms with Crippen molar-refractivity contribution in [3.05, 3.63) is 22.3 Å². The largest absolute Gasteiger partial charge is 0.480 e. The van der Waals surface area contributed by atoms with E-state index in [0.29, 0.717) is 19.0 Å². The molecule has 1 amide bonds. The van der Waals surface area contributed by atoms with Crippen LogP contribution in [0.2, 0.25) is 0 Å². The first kappa shape index (κ1) is 21.6. The molecule has 1 unspecified atom stereocenters. The molecule has 1 fully saturated rings. The Kier molecular flexibility index (Phi) is 5.94. The molecule has 1 aromatic carbocycles. The zero-order valence-electron chi connectivity index (χ0n) is 18.1. The van der Waals surface area contributed by atoms with E-state index in [1.54, 1.807) is 7.11 Å². The molecule has 0 aliphatic carbocycles. The Morgan fingerprint density at radius 2 is 1.76 bits per heavy atom. The van der Waals surface area contributed by atoms with Crippen molar-refractivity contribution in [2.75, 3.05) is 25.1 Å². The number of hydrogen-bond acceptors (Lipinski definition) is 6. The smallest absolute Gasteiger partial charge is 0.410 e. The second-order valence-corrected chi connectivity index (χ2v) is 9.43. The van der Waals surface area contributed by atoms with Gasteiger partial charge in [-0.05, 0) is 69.6 Å². The number of amides is 1. The zero-order chi connectivity index (χ0) is 21.5. The fraction of sp³-hybridized carbons (Fsp3) is 0.571. The van der Waals surface area contributed by atoms with Gasteiger partial charge in [0.05, 0.1) is 24.9 Å². The molecule has 2 atom stereocenters. The highest BCUT2D eigenvalue weighted by molar-refractivity contribution is 9.10. The summed E-state index contributed by atoms with van der Waals surface area (Å²) in [5.41, 5.74) is 2.80. The molecular weight excluding hydrogens is 436 g/mol. The summed E-state index contributed by atoms with van der Waals surface area (Å²) >= 11 is 3.58. The van der Waals surface area contributed by atoms with E-state index in [0.717, 1.165) is 26.9 Å². The summed E-state index contributed by atoms with van der Waals surface area (Å²) in [5, 5.41) is 0. The molecule has 0 radical (unpaired) electrons. The molecule has 158 valence electrons. The van der Waals surface area contributed by atoms with Crippen molar-refractivity contribution in [2.24, 2.45) is 0 Å². The van der Waals surface area contributed by atoms with Crippen LogP contribution in [-0.4, -0.2) is 58.8 Å². The number of rotatable bonds is 2. The van der Waals surface area contributed by atoms with Gasteiger partial charge < -0.3 is 14.4 Å². The van der Waals surface area contributed by atoms with E-state index >= 15 is 0 Å². The molecule has 1 aliphatic heterocycles. The molecule has 2 aromatic rings. The highest BCUT2D eigenvalue weighted by Crippen LogP contribution is 2.34. The van der Waals surface area contributed by atoms with Crippen molar-refractivity contribution < 1.29 is 14.3 Å². The van der Waals surface area contributed by atoms with Crippen LogP contribution in [0.1, 0.15) is 40.3 Å². The molecule has 0 N–H and O–H groups in total. The average molecular weight is 465 g/mol. The van der Waals surface area contributed by atoms with E-state index in [1.165, 1.54) is 0 Å². The van der Waals surface area contributed by atoms with E-state index in [1.807, 2.05) is 58.6 Å². The van der Waals surface area contributed by atoms with Crippen LogP contribution in [0.4, 0.5) is 10.5 Å². The number of anilines is 1. The number of halogens is 1. The number of aromatic nitrogens is 2. The van der Waals surface area contributed by atoms with Crippen LogP contribution in [0.3, 0.4) is 0 Å². The van der Waals surface area contributed by atoms with Gasteiger partial charge in [0, 0.05) is 17.6 Å². The fourth-order valence-electron chi connectivity index (χ4n) is 3.80. The van der Waals surface area contributed by atoms with Gasteiger partial charge in [0.1, 0.15) is 22.3 Å². The Hall–Kier alpha value is -2.09. The third-order valence-electron chi connectivity index (χ3n) is 4.94. The lowest BCUT2D eigenvalue weighted by atomic mass is 10.1. The van der Waals surface area contributed by atoms with Gasteiger partial charge in [0.2, 0.25) is 5.88 Å². The molecule has 0 bridgehead atoms. The van der Waals surface area contributed by atoms with E-state index in [9.17, 15) is 4.79 Å². The third-order valence-corrected chi connectivity index (χ3v) is 5.58. The number of benzene rings is 1. The first-order valence-corrected chi connectivity index (χ1v) is 10.6. The summed E-state index contributed by atoms with van der Waals surface area (Å²) in [6.07, 6.45) is -0.269. The average Bonchev–Trinajstić information content (AvgIpc) is 2.59. The van der Waals surface area contributed by atoms with E-state index in [-0.39, 0.29) is 18.2 Å². The second kappa shape index (κ2) is 7.97. The third kappa shape index (κ3) is 4.42. The Morgan fingerprint density at radius 3 is 2.31 bits per heavy atom. The van der Waals surface area contributed by atoms with Gasteiger partial charge in [-0.2, -0.15) is 0 Å². The number of hydrogen-bond donors (Lipinski definition) is 0. The number of fused-ring (bicyclic) bond motifs is 1. The standard InChI is InChI=1S/C21H29BrN4O3/c1-12-10-25(11-13(2)26(12)20(27)29-21(4,5)6)16-9-8-15(22)17-18(16)24-19(28-7)14(3)23-17/h8-9,12-13H,10-11H2,1-7H3/t12-,13?/m0/s1. The number of ether oxygens (including phenoxy) is 2. The lowest BCUT2D eigenvalue weighted by Crippen LogP contribution is -2.59. The lowest BCUT2D eigenvalue weighted by Gasteiger charge is -2.45. The minimum atomic E-state index is -0.514. The van der Waals surface area contributed by atoms with Crippen molar-refractivity contribution in [1.82, 2.24) is 14.9 Å². The van der Waals surface area contributed by atoms with Crippen LogP contribution in [0.25, 0.3) is 11.0 Å². The maximum Gasteiger partial charge on any atom is 0.410 e. The van der Waals surface area contributed by atoms with Crippen molar-refractivity contribution in [3.8, 4) is 5.88 Å². The lowest BCUT2D eigenvalue weighted by molar-refractivity contribution is 0.00568. The first-order valence-electron chi connectivity index (χ1n) is 9.79. The van der Waals surface area contributed by atoms with Crippen molar-refractivity contribution in [1.29, 1.82) is 0 Å². The molecular formula is C21H29BrN4O3. The van der Waals surface area contributed by atoms with E-state index in [2.05, 4.69) is 25.8 Å². The van der Waals surface area contributed by atoms with Crippen LogP contribution in [0, 0.1) is 6.92 Å². The van der Waals surface area contributed by atoms with Gasteiger partial charge in [-0.1, -0.05) is 0 Å². The Labute approximate surface area is 180 Å². The molecule has 2 heterocycles. The van der Waals surface area contributed by atoms with Gasteiger partial charge >= 0.3 is 6.09 Å². The number of carbonyl (C=O) groups excluding carboxylic acids is 1.